The standard InChI is InChI=1S/C11H16N2O2/c1-9-6-10(8-12-7-9)13-11(15)4-2-3-5-14/h6-8,14H,2-5H2,1H3,(H,13,15). The average Bonchev–Trinajstić information content (AvgIpc) is 2.18. The maximum absolute atomic E-state index is 11.4. The van der Waals surface area contributed by atoms with Crippen LogP contribution in [0.4, 0.5) is 5.69 Å². The van der Waals surface area contributed by atoms with Crippen molar-refractivity contribution >= 4 is 11.6 Å². The predicted octanol–water partition coefficient (Wildman–Crippen LogP) is 1.49. The van der Waals surface area contributed by atoms with E-state index in [2.05, 4.69) is 10.3 Å². The first-order valence-electron chi connectivity index (χ1n) is 5.05. The fourth-order valence-corrected chi connectivity index (χ4v) is 1.24. The van der Waals surface area contributed by atoms with E-state index in [1.54, 1.807) is 12.4 Å². The number of hydrogen-bond acceptors (Lipinski definition) is 3. The highest BCUT2D eigenvalue weighted by molar-refractivity contribution is 5.90. The van der Waals surface area contributed by atoms with Gasteiger partial charge in [-0.1, -0.05) is 0 Å². The summed E-state index contributed by atoms with van der Waals surface area (Å²) >= 11 is 0. The minimum atomic E-state index is -0.0316. The van der Waals surface area contributed by atoms with Crippen LogP contribution in [0.2, 0.25) is 0 Å². The molecule has 1 heterocycles. The molecule has 0 radical (unpaired) electrons. The Morgan fingerprint density at radius 2 is 2.27 bits per heavy atom. The Bertz CT molecular complexity index is 326. The third-order valence-electron chi connectivity index (χ3n) is 1.97. The molecule has 4 heteroatoms. The average molecular weight is 208 g/mol. The van der Waals surface area contributed by atoms with Crippen molar-refractivity contribution in [3.63, 3.8) is 0 Å². The molecule has 1 rings (SSSR count). The molecular formula is C11H16N2O2. The zero-order valence-corrected chi connectivity index (χ0v) is 8.86. The molecule has 0 aliphatic carbocycles. The fraction of sp³-hybridized carbons (Fsp3) is 0.455. The van der Waals surface area contributed by atoms with Crippen LogP contribution in [0.15, 0.2) is 18.5 Å². The number of carbonyl (C=O) groups is 1. The van der Waals surface area contributed by atoms with Crippen molar-refractivity contribution in [2.75, 3.05) is 11.9 Å². The SMILES string of the molecule is Cc1cncc(NC(=O)CCCCO)c1. The van der Waals surface area contributed by atoms with Crippen LogP contribution < -0.4 is 5.32 Å². The molecule has 0 saturated heterocycles. The number of nitrogens with zero attached hydrogens (tertiary/aromatic N) is 1. The molecule has 0 aromatic carbocycles. The van der Waals surface area contributed by atoms with E-state index >= 15 is 0 Å². The minimum absolute atomic E-state index is 0.0316. The molecule has 0 unspecified atom stereocenters. The van der Waals surface area contributed by atoms with Crippen LogP contribution in [-0.4, -0.2) is 22.6 Å². The second-order valence-corrected chi connectivity index (χ2v) is 3.48. The molecule has 0 fully saturated rings. The number of rotatable bonds is 5. The van der Waals surface area contributed by atoms with Gasteiger partial charge in [0.2, 0.25) is 5.91 Å². The molecule has 1 aromatic rings. The first-order chi connectivity index (χ1) is 7.22. The number of pyridine rings is 1. The van der Waals surface area contributed by atoms with Crippen molar-refractivity contribution in [2.45, 2.75) is 26.2 Å². The van der Waals surface area contributed by atoms with Gasteiger partial charge in [0.25, 0.3) is 0 Å². The van der Waals surface area contributed by atoms with Crippen LogP contribution in [0.25, 0.3) is 0 Å². The van der Waals surface area contributed by atoms with Crippen LogP contribution >= 0.6 is 0 Å². The number of aliphatic hydroxyl groups excluding tert-OH is 1. The van der Waals surface area contributed by atoms with Crippen molar-refractivity contribution < 1.29 is 9.90 Å². The van der Waals surface area contributed by atoms with Crippen molar-refractivity contribution in [3.05, 3.63) is 24.0 Å². The molecule has 0 bridgehead atoms. The third kappa shape index (κ3) is 4.56. The summed E-state index contributed by atoms with van der Waals surface area (Å²) in [6.45, 7) is 2.06. The monoisotopic (exact) mass is 208 g/mol. The van der Waals surface area contributed by atoms with Gasteiger partial charge in [-0.3, -0.25) is 9.78 Å². The molecule has 15 heavy (non-hydrogen) atoms. The summed E-state index contributed by atoms with van der Waals surface area (Å²) in [5, 5.41) is 11.3. The predicted molar refractivity (Wildman–Crippen MR) is 58.5 cm³/mol. The maximum atomic E-state index is 11.4. The lowest BCUT2D eigenvalue weighted by Gasteiger charge is -2.04. The van der Waals surface area contributed by atoms with Crippen LogP contribution in [-0.2, 0) is 4.79 Å². The van der Waals surface area contributed by atoms with Gasteiger partial charge in [0.15, 0.2) is 0 Å². The Labute approximate surface area is 89.3 Å². The van der Waals surface area contributed by atoms with Crippen LogP contribution in [0.5, 0.6) is 0 Å². The van der Waals surface area contributed by atoms with Crippen molar-refractivity contribution in [1.82, 2.24) is 4.98 Å². The quantitative estimate of drug-likeness (QED) is 0.721. The molecule has 0 saturated carbocycles. The Hall–Kier alpha value is -1.42. The van der Waals surface area contributed by atoms with Crippen LogP contribution in [0.3, 0.4) is 0 Å². The van der Waals surface area contributed by atoms with E-state index in [-0.39, 0.29) is 12.5 Å². The number of aromatic nitrogens is 1. The van der Waals surface area contributed by atoms with Crippen molar-refractivity contribution in [3.8, 4) is 0 Å². The summed E-state index contributed by atoms with van der Waals surface area (Å²) in [5.41, 5.74) is 1.74. The fourth-order valence-electron chi connectivity index (χ4n) is 1.24. The lowest BCUT2D eigenvalue weighted by atomic mass is 10.2. The number of aliphatic hydroxyl groups is 1. The second-order valence-electron chi connectivity index (χ2n) is 3.48. The third-order valence-corrected chi connectivity index (χ3v) is 1.97. The first kappa shape index (κ1) is 11.7. The molecule has 0 atom stereocenters. The maximum Gasteiger partial charge on any atom is 0.224 e. The van der Waals surface area contributed by atoms with Crippen LogP contribution in [0.1, 0.15) is 24.8 Å². The molecular weight excluding hydrogens is 192 g/mol. The van der Waals surface area contributed by atoms with Gasteiger partial charge < -0.3 is 10.4 Å². The van der Waals surface area contributed by atoms with Crippen LogP contribution in [0, 0.1) is 6.92 Å². The number of anilines is 1. The zero-order chi connectivity index (χ0) is 11.1. The number of aryl methyl sites for hydroxylation is 1. The minimum Gasteiger partial charge on any atom is -0.396 e. The van der Waals surface area contributed by atoms with E-state index in [1.165, 1.54) is 0 Å². The normalized spacial score (nSPS) is 10.0. The van der Waals surface area contributed by atoms with E-state index in [0.717, 1.165) is 11.3 Å². The van der Waals surface area contributed by atoms with Gasteiger partial charge in [0.05, 0.1) is 11.9 Å². The summed E-state index contributed by atoms with van der Waals surface area (Å²) in [7, 11) is 0. The zero-order valence-electron chi connectivity index (χ0n) is 8.86. The molecule has 82 valence electrons. The second kappa shape index (κ2) is 6.14. The van der Waals surface area contributed by atoms with Gasteiger partial charge >= 0.3 is 0 Å². The topological polar surface area (TPSA) is 62.2 Å². The summed E-state index contributed by atoms with van der Waals surface area (Å²) < 4.78 is 0. The highest BCUT2D eigenvalue weighted by atomic mass is 16.2. The van der Waals surface area contributed by atoms with Crippen molar-refractivity contribution in [1.29, 1.82) is 0 Å². The summed E-state index contributed by atoms with van der Waals surface area (Å²) in [6, 6.07) is 1.87. The van der Waals surface area contributed by atoms with Gasteiger partial charge in [-0.25, -0.2) is 0 Å². The number of unbranched alkanes of at least 4 members (excludes halogenated alkanes) is 1. The molecule has 0 aliphatic heterocycles. The lowest BCUT2D eigenvalue weighted by molar-refractivity contribution is -0.116. The Balaban J connectivity index is 2.37. The van der Waals surface area contributed by atoms with Gasteiger partial charge in [-0.2, -0.15) is 0 Å². The smallest absolute Gasteiger partial charge is 0.224 e. The highest BCUT2D eigenvalue weighted by Gasteiger charge is 2.01. The van der Waals surface area contributed by atoms with E-state index in [0.29, 0.717) is 19.3 Å². The molecule has 2 N–H and O–H groups in total. The number of amides is 1. The first-order valence-corrected chi connectivity index (χ1v) is 5.05. The molecule has 1 aromatic heterocycles. The van der Waals surface area contributed by atoms with Gasteiger partial charge in [0, 0.05) is 19.2 Å². The molecule has 4 nitrogen and oxygen atoms in total. The summed E-state index contributed by atoms with van der Waals surface area (Å²) in [6.07, 6.45) is 5.17. The lowest BCUT2D eigenvalue weighted by Crippen LogP contribution is -2.11. The van der Waals surface area contributed by atoms with Crippen molar-refractivity contribution in [2.24, 2.45) is 0 Å². The van der Waals surface area contributed by atoms with E-state index in [4.69, 9.17) is 5.11 Å². The molecule has 1 amide bonds. The highest BCUT2D eigenvalue weighted by Crippen LogP contribution is 2.08. The summed E-state index contributed by atoms with van der Waals surface area (Å²) in [4.78, 5) is 15.4. The number of nitrogens with one attached hydrogen (secondary N) is 1. The Morgan fingerprint density at radius 1 is 1.47 bits per heavy atom. The number of hydrogen-bond donors (Lipinski definition) is 2. The molecule has 0 spiro atoms. The Kier molecular flexibility index (Phi) is 4.77. The molecule has 0 aliphatic rings. The van der Waals surface area contributed by atoms with E-state index in [1.807, 2.05) is 13.0 Å². The van der Waals surface area contributed by atoms with E-state index < -0.39 is 0 Å². The largest absolute Gasteiger partial charge is 0.396 e. The summed E-state index contributed by atoms with van der Waals surface area (Å²) in [5.74, 6) is -0.0316. The van der Waals surface area contributed by atoms with Gasteiger partial charge in [-0.05, 0) is 31.4 Å². The van der Waals surface area contributed by atoms with Gasteiger partial charge in [0.1, 0.15) is 0 Å². The van der Waals surface area contributed by atoms with Gasteiger partial charge in [-0.15, -0.1) is 0 Å². The Morgan fingerprint density at radius 3 is 2.93 bits per heavy atom. The van der Waals surface area contributed by atoms with E-state index in [9.17, 15) is 4.79 Å². The number of carbonyl (C=O) groups excluding carboxylic acids is 1.